The number of benzene rings is 2. The first-order valence-electron chi connectivity index (χ1n) is 9.60. The lowest BCUT2D eigenvalue weighted by molar-refractivity contribution is 0.0527. The lowest BCUT2D eigenvalue weighted by atomic mass is 10.1. The highest BCUT2D eigenvalue weighted by Crippen LogP contribution is 2.26. The molecule has 9 heteroatoms. The van der Waals surface area contributed by atoms with Crippen molar-refractivity contribution in [1.29, 1.82) is 0 Å². The van der Waals surface area contributed by atoms with Gasteiger partial charge in [-0.05, 0) is 43.7 Å². The topological polar surface area (TPSA) is 103 Å². The third-order valence-electron chi connectivity index (χ3n) is 4.68. The van der Waals surface area contributed by atoms with Gasteiger partial charge in [-0.1, -0.05) is 36.4 Å². The molecule has 2 heterocycles. The number of pyridine rings is 1. The predicted molar refractivity (Wildman–Crippen MR) is 117 cm³/mol. The summed E-state index contributed by atoms with van der Waals surface area (Å²) in [6.45, 7) is 3.74. The fourth-order valence-electron chi connectivity index (χ4n) is 3.20. The van der Waals surface area contributed by atoms with Crippen LogP contribution in [-0.4, -0.2) is 35.8 Å². The third-order valence-corrected chi connectivity index (χ3v) is 6.03. The number of ether oxygens (including phenoxy) is 1. The number of rotatable bonds is 6. The van der Waals surface area contributed by atoms with Gasteiger partial charge in [0.2, 0.25) is 0 Å². The third kappa shape index (κ3) is 3.99. The lowest BCUT2D eigenvalue weighted by Gasteiger charge is -2.13. The Kier molecular flexibility index (Phi) is 5.43. The molecule has 4 rings (SSSR count). The molecule has 0 unspecified atom stereocenters. The van der Waals surface area contributed by atoms with E-state index in [9.17, 15) is 13.2 Å². The van der Waals surface area contributed by atoms with Crippen LogP contribution in [0, 0.1) is 6.92 Å². The van der Waals surface area contributed by atoms with Gasteiger partial charge in [-0.2, -0.15) is 9.78 Å². The minimum absolute atomic E-state index is 0.00559. The fraction of sp³-hybridized carbons (Fsp3) is 0.136. The zero-order valence-electron chi connectivity index (χ0n) is 16.9. The number of nitrogens with one attached hydrogen (secondary N) is 1. The average Bonchev–Trinajstić information content (AvgIpc) is 3.17. The van der Waals surface area contributed by atoms with E-state index in [0.29, 0.717) is 5.82 Å². The van der Waals surface area contributed by atoms with E-state index in [1.165, 1.54) is 23.0 Å². The van der Waals surface area contributed by atoms with E-state index in [0.717, 1.165) is 16.5 Å². The van der Waals surface area contributed by atoms with Crippen molar-refractivity contribution < 1.29 is 17.9 Å². The van der Waals surface area contributed by atoms with Crippen molar-refractivity contribution in [2.45, 2.75) is 18.7 Å². The minimum atomic E-state index is -3.98. The molecule has 0 bridgehead atoms. The van der Waals surface area contributed by atoms with Gasteiger partial charge >= 0.3 is 5.97 Å². The van der Waals surface area contributed by atoms with Crippen LogP contribution in [-0.2, 0) is 14.8 Å². The Balaban J connectivity index is 1.87. The first-order chi connectivity index (χ1) is 14.9. The molecule has 1 N–H and O–H groups in total. The highest BCUT2D eigenvalue weighted by atomic mass is 32.2. The van der Waals surface area contributed by atoms with Crippen LogP contribution in [0.15, 0.2) is 71.8 Å². The largest absolute Gasteiger partial charge is 0.462 e. The summed E-state index contributed by atoms with van der Waals surface area (Å²) in [6.07, 6.45) is 1.27. The number of para-hydroxylation sites is 1. The molecule has 2 aromatic carbocycles. The van der Waals surface area contributed by atoms with Gasteiger partial charge in [-0.15, -0.1) is 0 Å². The van der Waals surface area contributed by atoms with Crippen LogP contribution < -0.4 is 4.72 Å². The molecular weight excluding hydrogens is 416 g/mol. The fourth-order valence-corrected chi connectivity index (χ4v) is 4.29. The second-order valence-corrected chi connectivity index (χ2v) is 8.45. The van der Waals surface area contributed by atoms with Gasteiger partial charge in [0.15, 0.2) is 11.6 Å². The summed E-state index contributed by atoms with van der Waals surface area (Å²) in [5, 5.41) is 5.21. The first-order valence-corrected chi connectivity index (χ1v) is 11.1. The molecule has 0 aliphatic heterocycles. The molecule has 4 aromatic rings. The van der Waals surface area contributed by atoms with Crippen molar-refractivity contribution in [2.75, 3.05) is 11.3 Å². The number of hydrogen-bond donors (Lipinski definition) is 1. The van der Waals surface area contributed by atoms with Crippen molar-refractivity contribution in [3.63, 3.8) is 0 Å². The molecule has 0 saturated heterocycles. The Hall–Kier alpha value is -3.72. The Bertz CT molecular complexity index is 1370. The molecule has 0 spiro atoms. The number of hydrogen-bond acceptors (Lipinski definition) is 6. The maximum Gasteiger partial charge on any atom is 0.343 e. The summed E-state index contributed by atoms with van der Waals surface area (Å²) in [4.78, 5) is 17.1. The number of carbonyl (C=O) groups excluding carboxylic acids is 1. The Morgan fingerprint density at radius 3 is 2.55 bits per heavy atom. The summed E-state index contributed by atoms with van der Waals surface area (Å²) in [5.74, 6) is -0.348. The van der Waals surface area contributed by atoms with Crippen LogP contribution in [0.4, 0.5) is 5.82 Å². The first kappa shape index (κ1) is 20.5. The molecule has 0 aliphatic carbocycles. The normalized spacial score (nSPS) is 11.4. The molecule has 8 nitrogen and oxygen atoms in total. The van der Waals surface area contributed by atoms with E-state index in [1.54, 1.807) is 31.2 Å². The maximum atomic E-state index is 13.0. The molecule has 158 valence electrons. The smallest absolute Gasteiger partial charge is 0.343 e. The predicted octanol–water partition coefficient (Wildman–Crippen LogP) is 3.71. The number of anilines is 1. The van der Waals surface area contributed by atoms with Crippen LogP contribution in [0.5, 0.6) is 0 Å². The molecule has 2 aromatic heterocycles. The highest BCUT2D eigenvalue weighted by molar-refractivity contribution is 7.92. The SMILES string of the molecule is CCOC(=O)c1cnn(-c2cc(C)c3ccccc3n2)c1NS(=O)(=O)c1ccccc1. The second kappa shape index (κ2) is 8.19. The van der Waals surface area contributed by atoms with E-state index in [1.807, 2.05) is 31.2 Å². The zero-order valence-corrected chi connectivity index (χ0v) is 17.8. The lowest BCUT2D eigenvalue weighted by Crippen LogP contribution is -2.19. The van der Waals surface area contributed by atoms with Gasteiger partial charge < -0.3 is 4.74 Å². The summed E-state index contributed by atoms with van der Waals surface area (Å²) in [5.41, 5.74) is 1.65. The number of aryl methyl sites for hydroxylation is 1. The number of nitrogens with zero attached hydrogens (tertiary/aromatic N) is 3. The Labute approximate surface area is 179 Å². The van der Waals surface area contributed by atoms with Gasteiger partial charge in [0, 0.05) is 5.39 Å². The Morgan fingerprint density at radius 2 is 1.81 bits per heavy atom. The molecule has 0 aliphatic rings. The van der Waals surface area contributed by atoms with Crippen LogP contribution >= 0.6 is 0 Å². The number of sulfonamides is 1. The summed E-state index contributed by atoms with van der Waals surface area (Å²) in [7, 11) is -3.98. The van der Waals surface area contributed by atoms with Gasteiger partial charge in [0.1, 0.15) is 5.56 Å². The second-order valence-electron chi connectivity index (χ2n) is 6.77. The monoisotopic (exact) mass is 436 g/mol. The summed E-state index contributed by atoms with van der Waals surface area (Å²) >= 11 is 0. The van der Waals surface area contributed by atoms with Crippen molar-refractivity contribution in [3.05, 3.63) is 78.0 Å². The van der Waals surface area contributed by atoms with E-state index in [-0.39, 0.29) is 22.9 Å². The quantitative estimate of drug-likeness (QED) is 0.462. The van der Waals surface area contributed by atoms with Crippen LogP contribution in [0.1, 0.15) is 22.8 Å². The Morgan fingerprint density at radius 1 is 1.10 bits per heavy atom. The molecule has 0 fully saturated rings. The molecular formula is C22H20N4O4S. The number of aromatic nitrogens is 3. The summed E-state index contributed by atoms with van der Waals surface area (Å²) < 4.78 is 34.8. The van der Waals surface area contributed by atoms with Crippen LogP contribution in [0.2, 0.25) is 0 Å². The highest BCUT2D eigenvalue weighted by Gasteiger charge is 2.25. The molecule has 0 saturated carbocycles. The number of carbonyl (C=O) groups is 1. The van der Waals surface area contributed by atoms with Crippen molar-refractivity contribution in [3.8, 4) is 5.82 Å². The van der Waals surface area contributed by atoms with E-state index in [2.05, 4.69) is 14.8 Å². The minimum Gasteiger partial charge on any atom is -0.462 e. The molecule has 0 atom stereocenters. The molecule has 0 radical (unpaired) electrons. The van der Waals surface area contributed by atoms with Gasteiger partial charge in [0.05, 0.1) is 23.2 Å². The van der Waals surface area contributed by atoms with Gasteiger partial charge in [0.25, 0.3) is 10.0 Å². The molecule has 31 heavy (non-hydrogen) atoms. The van der Waals surface area contributed by atoms with Crippen molar-refractivity contribution >= 4 is 32.7 Å². The average molecular weight is 436 g/mol. The van der Waals surface area contributed by atoms with Crippen molar-refractivity contribution in [1.82, 2.24) is 14.8 Å². The van der Waals surface area contributed by atoms with Crippen LogP contribution in [0.25, 0.3) is 16.7 Å². The van der Waals surface area contributed by atoms with E-state index >= 15 is 0 Å². The van der Waals surface area contributed by atoms with Crippen LogP contribution in [0.3, 0.4) is 0 Å². The maximum absolute atomic E-state index is 13.0. The number of esters is 1. The van der Waals surface area contributed by atoms with Gasteiger partial charge in [-0.25, -0.2) is 18.2 Å². The van der Waals surface area contributed by atoms with E-state index < -0.39 is 16.0 Å². The van der Waals surface area contributed by atoms with Gasteiger partial charge in [-0.3, -0.25) is 4.72 Å². The zero-order chi connectivity index (χ0) is 22.0. The molecule has 0 amide bonds. The van der Waals surface area contributed by atoms with Crippen molar-refractivity contribution in [2.24, 2.45) is 0 Å². The standard InChI is InChI=1S/C22H20N4O4S/c1-3-30-22(27)18-14-23-26(20-13-15(2)17-11-7-8-12-19(17)24-20)21(18)25-31(28,29)16-9-5-4-6-10-16/h4-14,25H,3H2,1-2H3. The summed E-state index contributed by atoms with van der Waals surface area (Å²) in [6, 6.07) is 17.3. The number of fused-ring (bicyclic) bond motifs is 1. The van der Waals surface area contributed by atoms with E-state index in [4.69, 9.17) is 4.74 Å².